The number of likely N-dealkylation sites (tertiary alicyclic amines) is 1. The van der Waals surface area contributed by atoms with Crippen LogP contribution in [0.3, 0.4) is 0 Å². The quantitative estimate of drug-likeness (QED) is 0.776. The van der Waals surface area contributed by atoms with E-state index < -0.39 is 12.2 Å². The van der Waals surface area contributed by atoms with Crippen LogP contribution >= 0.6 is 0 Å². The van der Waals surface area contributed by atoms with Crippen molar-refractivity contribution in [3.05, 3.63) is 29.2 Å². The highest BCUT2D eigenvalue weighted by Gasteiger charge is 2.46. The van der Waals surface area contributed by atoms with Gasteiger partial charge in [0.05, 0.1) is 5.69 Å². The number of carbonyl (C=O) groups excluding carboxylic acids is 1. The van der Waals surface area contributed by atoms with Gasteiger partial charge in [-0.05, 0) is 31.2 Å². The molecule has 4 heterocycles. The van der Waals surface area contributed by atoms with Gasteiger partial charge in [0.2, 0.25) is 0 Å². The van der Waals surface area contributed by atoms with Crippen molar-refractivity contribution in [2.45, 2.75) is 70.1 Å². The molecule has 2 aliphatic rings. The number of amides is 1. The molecule has 1 amide bonds. The molecule has 0 spiro atoms. The number of nitrogens with zero attached hydrogens (tertiary/aromatic N) is 4. The Morgan fingerprint density at radius 3 is 2.73 bits per heavy atom. The minimum Gasteiger partial charge on any atom is -0.367 e. The third-order valence-electron chi connectivity index (χ3n) is 6.11. The third kappa shape index (κ3) is 3.79. The van der Waals surface area contributed by atoms with Crippen LogP contribution in [-0.2, 0) is 0 Å². The first-order valence-corrected chi connectivity index (χ1v) is 10.4. The second kappa shape index (κ2) is 7.63. The second-order valence-electron chi connectivity index (χ2n) is 8.54. The van der Waals surface area contributed by atoms with Gasteiger partial charge in [-0.1, -0.05) is 20.8 Å². The minimum absolute atomic E-state index is 0.0270. The summed E-state index contributed by atoms with van der Waals surface area (Å²) >= 11 is 0. The van der Waals surface area contributed by atoms with E-state index in [4.69, 9.17) is 0 Å². The number of hydrogen-bond donors (Lipinski definition) is 2. The number of aromatic nitrogens is 4. The largest absolute Gasteiger partial charge is 0.410 e. The summed E-state index contributed by atoms with van der Waals surface area (Å²) in [6.45, 7) is 6.85. The van der Waals surface area contributed by atoms with Gasteiger partial charge in [-0.2, -0.15) is 23.4 Å². The molecule has 2 aliphatic heterocycles. The predicted octanol–water partition coefficient (Wildman–Crippen LogP) is 4.06. The Balaban J connectivity index is 1.51. The van der Waals surface area contributed by atoms with Gasteiger partial charge in [0.15, 0.2) is 6.04 Å². The van der Waals surface area contributed by atoms with Crippen molar-refractivity contribution in [3.63, 3.8) is 0 Å². The van der Waals surface area contributed by atoms with Crippen molar-refractivity contribution < 1.29 is 18.0 Å². The van der Waals surface area contributed by atoms with Crippen molar-refractivity contribution in [1.82, 2.24) is 24.9 Å². The lowest BCUT2D eigenvalue weighted by molar-refractivity contribution is -0.173. The molecule has 0 bridgehead atoms. The molecule has 2 aromatic heterocycles. The second-order valence-corrected chi connectivity index (χ2v) is 8.54. The van der Waals surface area contributed by atoms with Crippen LogP contribution in [0.4, 0.5) is 19.0 Å². The van der Waals surface area contributed by atoms with E-state index in [-0.39, 0.29) is 30.2 Å². The topological polar surface area (TPSA) is 78.8 Å². The molecule has 2 aromatic rings. The zero-order valence-corrected chi connectivity index (χ0v) is 17.3. The van der Waals surface area contributed by atoms with Crippen molar-refractivity contribution >= 4 is 11.7 Å². The molecule has 4 rings (SSSR count). The van der Waals surface area contributed by atoms with Crippen molar-refractivity contribution in [1.29, 1.82) is 0 Å². The summed E-state index contributed by atoms with van der Waals surface area (Å²) in [5.41, 5.74) is 1.86. The Morgan fingerprint density at radius 1 is 1.33 bits per heavy atom. The zero-order chi connectivity index (χ0) is 21.6. The van der Waals surface area contributed by atoms with Crippen LogP contribution in [0.1, 0.15) is 79.8 Å². The summed E-state index contributed by atoms with van der Waals surface area (Å²) in [4.78, 5) is 14.5. The highest BCUT2D eigenvalue weighted by molar-refractivity contribution is 5.92. The first kappa shape index (κ1) is 20.7. The predicted molar refractivity (Wildman–Crippen MR) is 106 cm³/mol. The van der Waals surface area contributed by atoms with Crippen LogP contribution in [0.15, 0.2) is 12.1 Å². The Hall–Kier alpha value is -2.52. The Bertz CT molecular complexity index is 918. The van der Waals surface area contributed by atoms with Crippen LogP contribution in [-0.4, -0.2) is 56.1 Å². The lowest BCUT2D eigenvalue weighted by Crippen LogP contribution is -2.38. The molecule has 2 N–H and O–H groups in total. The van der Waals surface area contributed by atoms with Crippen molar-refractivity contribution in [2.24, 2.45) is 0 Å². The molecule has 0 unspecified atom stereocenters. The van der Waals surface area contributed by atoms with E-state index in [0.717, 1.165) is 10.4 Å². The number of fused-ring (bicyclic) bond motifs is 1. The molecule has 0 aliphatic carbocycles. The molecule has 1 saturated heterocycles. The lowest BCUT2D eigenvalue weighted by atomic mass is 10.0. The number of hydrogen-bond acceptors (Lipinski definition) is 4. The van der Waals surface area contributed by atoms with Crippen molar-refractivity contribution in [2.75, 3.05) is 18.4 Å². The zero-order valence-electron chi connectivity index (χ0n) is 17.3. The molecule has 0 saturated carbocycles. The molecule has 7 nitrogen and oxygen atoms in total. The van der Waals surface area contributed by atoms with Crippen LogP contribution in [0, 0.1) is 0 Å². The summed E-state index contributed by atoms with van der Waals surface area (Å²) in [6, 6.07) is 1.62. The van der Waals surface area contributed by atoms with Gasteiger partial charge >= 0.3 is 6.18 Å². The number of aromatic amines is 1. The molecule has 0 aromatic carbocycles. The number of carbonyl (C=O) groups is 1. The summed E-state index contributed by atoms with van der Waals surface area (Å²) in [5, 5.41) is 14.5. The standard InChI is InChI=1S/C20H27F3N6O/c1-4-13-7-17(20(21,22)23)29-18(24-13)9-15(27-29)12-5-6-28(10-12)19(30)16-8-14(11(2)3)25-26-16/h8-9,11-13,17,24H,4-7,10H2,1-3H3,(H,25,26)/t12-,13+,17+/m0/s1. The molecular weight excluding hydrogens is 397 g/mol. The van der Waals surface area contributed by atoms with E-state index in [2.05, 4.69) is 20.6 Å². The van der Waals surface area contributed by atoms with E-state index >= 15 is 0 Å². The maximum Gasteiger partial charge on any atom is 0.410 e. The van der Waals surface area contributed by atoms with Gasteiger partial charge in [0.1, 0.15) is 11.5 Å². The first-order chi connectivity index (χ1) is 14.2. The van der Waals surface area contributed by atoms with Crippen LogP contribution < -0.4 is 5.32 Å². The number of anilines is 1. The number of H-pyrrole nitrogens is 1. The summed E-state index contributed by atoms with van der Waals surface area (Å²) < 4.78 is 41.8. The fourth-order valence-corrected chi connectivity index (χ4v) is 4.23. The number of halogens is 3. The minimum atomic E-state index is -4.35. The average molecular weight is 424 g/mol. The van der Waals surface area contributed by atoms with Gasteiger partial charge in [-0.3, -0.25) is 9.89 Å². The van der Waals surface area contributed by atoms with Gasteiger partial charge < -0.3 is 10.2 Å². The lowest BCUT2D eigenvalue weighted by Gasteiger charge is -2.32. The summed E-state index contributed by atoms with van der Waals surface area (Å²) in [5.74, 6) is 0.389. The SMILES string of the molecule is CC[C@@H]1C[C@H](C(F)(F)F)n2nc([C@H]3CCN(C(=O)c4cc(C(C)C)[nH]n4)C3)cc2N1. The smallest absolute Gasteiger partial charge is 0.367 e. The van der Waals surface area contributed by atoms with E-state index in [1.807, 2.05) is 20.8 Å². The number of alkyl halides is 3. The first-order valence-electron chi connectivity index (χ1n) is 10.4. The molecule has 164 valence electrons. The molecule has 1 fully saturated rings. The molecule has 0 radical (unpaired) electrons. The molecule has 10 heteroatoms. The van der Waals surface area contributed by atoms with Gasteiger partial charge in [-0.25, -0.2) is 4.68 Å². The molecule has 3 atom stereocenters. The fraction of sp³-hybridized carbons (Fsp3) is 0.650. The van der Waals surface area contributed by atoms with Crippen LogP contribution in [0.2, 0.25) is 0 Å². The molecule has 30 heavy (non-hydrogen) atoms. The maximum absolute atomic E-state index is 13.6. The third-order valence-corrected chi connectivity index (χ3v) is 6.11. The van der Waals surface area contributed by atoms with E-state index in [1.54, 1.807) is 17.0 Å². The van der Waals surface area contributed by atoms with E-state index in [0.29, 0.717) is 43.1 Å². The molecular formula is C20H27F3N6O. The summed E-state index contributed by atoms with van der Waals surface area (Å²) in [6.07, 6.45) is -3.10. The highest BCUT2D eigenvalue weighted by atomic mass is 19.4. The number of nitrogens with one attached hydrogen (secondary N) is 2. The Labute approximate surface area is 173 Å². The van der Waals surface area contributed by atoms with E-state index in [9.17, 15) is 18.0 Å². The fourth-order valence-electron chi connectivity index (χ4n) is 4.23. The number of rotatable bonds is 4. The van der Waals surface area contributed by atoms with Gasteiger partial charge in [0.25, 0.3) is 5.91 Å². The Morgan fingerprint density at radius 2 is 2.10 bits per heavy atom. The normalized spacial score (nSPS) is 24.2. The maximum atomic E-state index is 13.6. The van der Waals surface area contributed by atoms with Crippen LogP contribution in [0.25, 0.3) is 0 Å². The Kier molecular flexibility index (Phi) is 5.27. The van der Waals surface area contributed by atoms with Gasteiger partial charge in [-0.15, -0.1) is 0 Å². The van der Waals surface area contributed by atoms with E-state index in [1.165, 1.54) is 0 Å². The highest BCUT2D eigenvalue weighted by Crippen LogP contribution is 2.41. The monoisotopic (exact) mass is 424 g/mol. The van der Waals surface area contributed by atoms with Crippen molar-refractivity contribution in [3.8, 4) is 0 Å². The van der Waals surface area contributed by atoms with Crippen LogP contribution in [0.5, 0.6) is 0 Å². The average Bonchev–Trinajstić information content (AvgIpc) is 3.44. The summed E-state index contributed by atoms with van der Waals surface area (Å²) in [7, 11) is 0. The van der Waals surface area contributed by atoms with Gasteiger partial charge in [0, 0.05) is 36.8 Å².